The van der Waals surface area contributed by atoms with Crippen molar-refractivity contribution in [2.45, 2.75) is 38.3 Å². The maximum absolute atomic E-state index is 6.92. The molecule has 0 aromatic carbocycles. The van der Waals surface area contributed by atoms with Crippen LogP contribution in [-0.2, 0) is 39.1 Å². The van der Waals surface area contributed by atoms with Gasteiger partial charge in [0.2, 0.25) is 1.43 Å². The molecule has 1 fully saturated rings. The molecule has 1 aliphatic rings. The van der Waals surface area contributed by atoms with Gasteiger partial charge >= 0.3 is 0 Å². The average Bonchev–Trinajstić information content (AvgIpc) is 2.93. The fourth-order valence-corrected chi connectivity index (χ4v) is 3.38. The quantitative estimate of drug-likeness (QED) is 0.630. The van der Waals surface area contributed by atoms with Gasteiger partial charge in [0.05, 0.1) is 0 Å². The van der Waals surface area contributed by atoms with Crippen molar-refractivity contribution in [3.05, 3.63) is 22.4 Å². The second kappa shape index (κ2) is 8.09. The first-order valence-electron chi connectivity index (χ1n) is 6.57. The summed E-state index contributed by atoms with van der Waals surface area (Å²) in [5.74, 6) is 1.89. The summed E-state index contributed by atoms with van der Waals surface area (Å²) in [5.41, 5.74) is 0. The van der Waals surface area contributed by atoms with E-state index < -0.39 is 0 Å². The van der Waals surface area contributed by atoms with E-state index in [4.69, 9.17) is 1.43 Å². The van der Waals surface area contributed by atoms with E-state index in [1.54, 1.807) is 11.3 Å². The monoisotopic (exact) mass is 324 g/mol. The van der Waals surface area contributed by atoms with Crippen LogP contribution in [0.4, 0.5) is 0 Å². The van der Waals surface area contributed by atoms with E-state index in [2.05, 4.69) is 31.4 Å². The zero-order valence-electron chi connectivity index (χ0n) is 11.4. The van der Waals surface area contributed by atoms with E-state index in [1.165, 1.54) is 30.5 Å². The number of aliphatic hydroxyl groups excluding tert-OH is 1. The maximum Gasteiger partial charge on any atom is 0.210 e. The molecule has 1 unspecified atom stereocenters. The minimum atomic E-state index is 0. The fourth-order valence-electron chi connectivity index (χ4n) is 2.69. The van der Waals surface area contributed by atoms with Crippen LogP contribution in [0.3, 0.4) is 0 Å². The van der Waals surface area contributed by atoms with Crippen molar-refractivity contribution in [2.75, 3.05) is 6.61 Å². The SMILES string of the molecule is [2H]OC[C@H]1C(C)C[B][C@@H]1CCCc1c[c-]cs1.[Y]. The Hall–Kier alpha value is 0.829. The minimum Gasteiger partial charge on any atom is -0.396 e. The van der Waals surface area contributed by atoms with Crippen LogP contribution in [-0.4, -0.2) is 20.4 Å². The summed E-state index contributed by atoms with van der Waals surface area (Å²) < 4.78 is 6.92. The van der Waals surface area contributed by atoms with E-state index in [9.17, 15) is 0 Å². The summed E-state index contributed by atoms with van der Waals surface area (Å²) in [6.07, 6.45) is 4.82. The van der Waals surface area contributed by atoms with E-state index in [-0.39, 0.29) is 32.7 Å². The largest absolute Gasteiger partial charge is 0.396 e. The molecular weight excluding hydrogens is 304 g/mol. The summed E-state index contributed by atoms with van der Waals surface area (Å²) in [6.45, 7) is 2.86. The summed E-state index contributed by atoms with van der Waals surface area (Å²) in [4.78, 5) is 1.43. The van der Waals surface area contributed by atoms with Crippen molar-refractivity contribution in [1.29, 1.82) is 1.43 Å². The summed E-state index contributed by atoms with van der Waals surface area (Å²) >= 11 is 1.80. The van der Waals surface area contributed by atoms with Crippen molar-refractivity contribution in [1.82, 2.24) is 0 Å². The molecule has 4 heteroatoms. The molecule has 2 rings (SSSR count). The molecule has 90 valence electrons. The molecule has 0 bridgehead atoms. The zero-order chi connectivity index (χ0) is 12.1. The number of hydrogen-bond donors (Lipinski definition) is 1. The summed E-state index contributed by atoms with van der Waals surface area (Å²) in [7, 11) is 2.44. The van der Waals surface area contributed by atoms with E-state index >= 15 is 0 Å². The van der Waals surface area contributed by atoms with Gasteiger partial charge in [0.15, 0.2) is 0 Å². The number of thiophene rings is 1. The molecule has 2 radical (unpaired) electrons. The zero-order valence-corrected chi connectivity index (χ0v) is 14.0. The Morgan fingerprint density at radius 1 is 1.71 bits per heavy atom. The molecule has 1 aromatic rings. The molecule has 0 spiro atoms. The molecule has 3 atom stereocenters. The number of aliphatic hydroxyl groups is 1. The molecule has 1 N–H and O–H groups in total. The van der Waals surface area contributed by atoms with Crippen LogP contribution in [0.15, 0.2) is 11.4 Å². The molecule has 2 heterocycles. The topological polar surface area (TPSA) is 20.2 Å². The fraction of sp³-hybridized carbons (Fsp3) is 0.692. The van der Waals surface area contributed by atoms with E-state index in [0.29, 0.717) is 24.3 Å². The maximum atomic E-state index is 6.92. The van der Waals surface area contributed by atoms with Gasteiger partial charge in [-0.1, -0.05) is 38.3 Å². The van der Waals surface area contributed by atoms with Crippen LogP contribution in [0.2, 0.25) is 12.1 Å². The third-order valence-electron chi connectivity index (χ3n) is 3.77. The normalized spacial score (nSPS) is 28.3. The predicted octanol–water partition coefficient (Wildman–Crippen LogP) is 3.04. The third kappa shape index (κ3) is 4.45. The van der Waals surface area contributed by atoms with Gasteiger partial charge in [0.1, 0.15) is 7.28 Å². The third-order valence-corrected chi connectivity index (χ3v) is 4.65. The van der Waals surface area contributed by atoms with E-state index in [1.807, 2.05) is 5.38 Å². The van der Waals surface area contributed by atoms with Gasteiger partial charge in [0.25, 0.3) is 0 Å². The molecule has 0 saturated carbocycles. The first kappa shape index (κ1) is 14.2. The van der Waals surface area contributed by atoms with Gasteiger partial charge < -0.3 is 5.11 Å². The molecule has 17 heavy (non-hydrogen) atoms. The van der Waals surface area contributed by atoms with Crippen molar-refractivity contribution >= 4 is 18.6 Å². The average molecular weight is 324 g/mol. The van der Waals surface area contributed by atoms with Crippen LogP contribution in [0.25, 0.3) is 0 Å². The van der Waals surface area contributed by atoms with Gasteiger partial charge in [0, 0.05) is 39.3 Å². The standard InChI is InChI=1S/C13H19BOS.Y/c1-10-8-14-13(12(10)9-15)6-2-4-11-5-3-7-16-11;/h5,7,10,12-13,15H,2,4,6,8-9H2,1H3;/q-1;/t10?,12-,13+;/m0./s1/i15D;. The smallest absolute Gasteiger partial charge is 0.210 e. The molecule has 1 aliphatic heterocycles. The predicted molar refractivity (Wildman–Crippen MR) is 70.1 cm³/mol. The van der Waals surface area contributed by atoms with Gasteiger partial charge in [-0.25, -0.2) is 12.1 Å². The Kier molecular flexibility index (Phi) is 6.78. The summed E-state index contributed by atoms with van der Waals surface area (Å²) in [6, 6.07) is 5.20. The first-order valence-corrected chi connectivity index (χ1v) is 7.04. The Balaban J connectivity index is 0.00000162. The first-order chi connectivity index (χ1) is 8.31. The Morgan fingerprint density at radius 2 is 2.59 bits per heavy atom. The Morgan fingerprint density at radius 3 is 3.29 bits per heavy atom. The molecule has 1 saturated heterocycles. The van der Waals surface area contributed by atoms with Crippen LogP contribution < -0.4 is 0 Å². The van der Waals surface area contributed by atoms with Crippen LogP contribution >= 0.6 is 11.3 Å². The van der Waals surface area contributed by atoms with Crippen molar-refractivity contribution in [3.63, 3.8) is 0 Å². The van der Waals surface area contributed by atoms with Gasteiger partial charge in [-0.15, -0.1) is 10.3 Å². The van der Waals surface area contributed by atoms with Gasteiger partial charge in [-0.3, -0.25) is 11.3 Å². The van der Waals surface area contributed by atoms with Crippen molar-refractivity contribution in [3.8, 4) is 0 Å². The minimum absolute atomic E-state index is 0. The second-order valence-electron chi connectivity index (χ2n) is 4.85. The number of rotatable bonds is 6. The Labute approximate surface area is 136 Å². The summed E-state index contributed by atoms with van der Waals surface area (Å²) in [5, 5.41) is 6.63. The van der Waals surface area contributed by atoms with Crippen LogP contribution in [0.5, 0.6) is 0 Å². The van der Waals surface area contributed by atoms with Gasteiger partial charge in [-0.05, 0) is 11.8 Å². The molecule has 0 amide bonds. The molecule has 1 aromatic heterocycles. The van der Waals surface area contributed by atoms with Crippen molar-refractivity contribution in [2.24, 2.45) is 11.8 Å². The van der Waals surface area contributed by atoms with E-state index in [0.717, 1.165) is 0 Å². The number of hydrogen-bond acceptors (Lipinski definition) is 2. The second-order valence-corrected chi connectivity index (χ2v) is 5.84. The molecular formula is C13H19BOSY-. The van der Waals surface area contributed by atoms with Crippen molar-refractivity contribution < 1.29 is 37.8 Å². The molecule has 1 nitrogen and oxygen atoms in total. The van der Waals surface area contributed by atoms with Crippen LogP contribution in [0.1, 0.15) is 24.6 Å². The molecule has 0 aliphatic carbocycles. The number of aryl methyl sites for hydroxylation is 1. The van der Waals surface area contributed by atoms with Crippen LogP contribution in [0, 0.1) is 17.9 Å². The van der Waals surface area contributed by atoms with Gasteiger partial charge in [-0.2, -0.15) is 0 Å². The Bertz CT molecular complexity index is 323.